The molecule has 1 saturated heterocycles. The predicted octanol–water partition coefficient (Wildman–Crippen LogP) is 7.53. The summed E-state index contributed by atoms with van der Waals surface area (Å²) in [4.78, 5) is 45.6. The average molecular weight is 822 g/mol. The molecule has 6 rings (SSSR count). The topological polar surface area (TPSA) is 168 Å². The third-order valence-electron chi connectivity index (χ3n) is 10.1. The van der Waals surface area contributed by atoms with E-state index in [4.69, 9.17) is 14.2 Å². The largest absolute Gasteiger partial charge is 0.496 e. The van der Waals surface area contributed by atoms with Gasteiger partial charge in [-0.3, -0.25) is 18.8 Å². The van der Waals surface area contributed by atoms with Crippen LogP contribution in [0.1, 0.15) is 60.8 Å². The number of aliphatic hydroxyl groups excluding tert-OH is 1. The number of aromatic nitrogens is 1. The maximum Gasteiger partial charge on any atom is 0.323 e. The minimum atomic E-state index is -0.720. The molecule has 5 aromatic rings. The zero-order chi connectivity index (χ0) is 42.1. The van der Waals surface area contributed by atoms with E-state index in [1.165, 1.54) is 7.11 Å². The molecule has 13 nitrogen and oxygen atoms in total. The SMILES string of the molecule is COc1cc(Cc2cc(Oc3ccc(NC(=O)Nc4cc(C(C)(C)C)cc(NC(=O)CO)c4OC)c4ccccc34)ccn2)ccc1C(=O)CCCN1CCS(=O)CC1. The van der Waals surface area contributed by atoms with Gasteiger partial charge < -0.3 is 40.2 Å². The van der Waals surface area contributed by atoms with Crippen molar-refractivity contribution in [2.24, 2.45) is 0 Å². The molecule has 1 aliphatic rings. The van der Waals surface area contributed by atoms with E-state index in [0.29, 0.717) is 64.2 Å². The monoisotopic (exact) mass is 821 g/mol. The van der Waals surface area contributed by atoms with Gasteiger partial charge >= 0.3 is 6.03 Å². The Morgan fingerprint density at radius 3 is 2.24 bits per heavy atom. The van der Waals surface area contributed by atoms with E-state index in [1.807, 2.05) is 69.3 Å². The van der Waals surface area contributed by atoms with Crippen molar-refractivity contribution >= 4 is 56.4 Å². The van der Waals surface area contributed by atoms with Crippen LogP contribution in [0.5, 0.6) is 23.0 Å². The van der Waals surface area contributed by atoms with E-state index in [9.17, 15) is 23.7 Å². The third kappa shape index (κ3) is 11.0. The highest BCUT2D eigenvalue weighted by Crippen LogP contribution is 2.39. The number of urea groups is 1. The number of hydrogen-bond acceptors (Lipinski definition) is 10. The zero-order valence-electron chi connectivity index (χ0n) is 34.1. The molecule has 0 aliphatic carbocycles. The molecule has 2 heterocycles. The van der Waals surface area contributed by atoms with Gasteiger partial charge in [-0.1, -0.05) is 51.1 Å². The molecule has 14 heteroatoms. The highest BCUT2D eigenvalue weighted by atomic mass is 32.2. The number of anilines is 3. The molecule has 0 unspecified atom stereocenters. The van der Waals surface area contributed by atoms with E-state index < -0.39 is 29.3 Å². The van der Waals surface area contributed by atoms with Gasteiger partial charge in [0, 0.05) is 77.0 Å². The molecule has 310 valence electrons. The molecule has 0 bridgehead atoms. The van der Waals surface area contributed by atoms with E-state index in [1.54, 1.807) is 43.6 Å². The van der Waals surface area contributed by atoms with Crippen molar-refractivity contribution < 1.29 is 37.9 Å². The number of ketones is 1. The van der Waals surface area contributed by atoms with Gasteiger partial charge in [-0.25, -0.2) is 4.79 Å². The number of fused-ring (bicyclic) bond motifs is 1. The van der Waals surface area contributed by atoms with Crippen LogP contribution in [-0.2, 0) is 27.4 Å². The number of nitrogens with zero attached hydrogens (tertiary/aromatic N) is 2. The van der Waals surface area contributed by atoms with E-state index in [-0.39, 0.29) is 16.9 Å². The summed E-state index contributed by atoms with van der Waals surface area (Å²) in [5, 5.41) is 19.3. The second-order valence-corrected chi connectivity index (χ2v) is 17.0. The van der Waals surface area contributed by atoms with Crippen LogP contribution in [0.25, 0.3) is 10.8 Å². The zero-order valence-corrected chi connectivity index (χ0v) is 34.9. The van der Waals surface area contributed by atoms with Gasteiger partial charge in [0.2, 0.25) is 5.91 Å². The van der Waals surface area contributed by atoms with Crippen molar-refractivity contribution in [2.75, 3.05) is 67.9 Å². The summed E-state index contributed by atoms with van der Waals surface area (Å²) in [6.45, 7) is 7.74. The predicted molar refractivity (Wildman–Crippen MR) is 232 cm³/mol. The summed E-state index contributed by atoms with van der Waals surface area (Å²) < 4.78 is 29.3. The van der Waals surface area contributed by atoms with Crippen LogP contribution < -0.4 is 30.2 Å². The van der Waals surface area contributed by atoms with Gasteiger partial charge in [-0.05, 0) is 72.0 Å². The number of carbonyl (C=O) groups excluding carboxylic acids is 3. The van der Waals surface area contributed by atoms with Gasteiger partial charge in [0.15, 0.2) is 11.5 Å². The van der Waals surface area contributed by atoms with Crippen molar-refractivity contribution in [3.63, 3.8) is 0 Å². The molecular weight excluding hydrogens is 771 g/mol. The first-order valence-corrected chi connectivity index (χ1v) is 21.0. The van der Waals surface area contributed by atoms with Gasteiger partial charge in [0.25, 0.3) is 0 Å². The minimum Gasteiger partial charge on any atom is -0.496 e. The first kappa shape index (κ1) is 42.8. The summed E-state index contributed by atoms with van der Waals surface area (Å²) in [6, 6.07) is 23.4. The van der Waals surface area contributed by atoms with E-state index in [0.717, 1.165) is 53.6 Å². The Bertz CT molecular complexity index is 2350. The number of ether oxygens (including phenoxy) is 3. The average Bonchev–Trinajstić information content (AvgIpc) is 3.22. The van der Waals surface area contributed by atoms with E-state index >= 15 is 0 Å². The molecule has 1 aliphatic heterocycles. The number of pyridine rings is 1. The van der Waals surface area contributed by atoms with Crippen LogP contribution in [0.3, 0.4) is 0 Å². The van der Waals surface area contributed by atoms with Crippen LogP contribution >= 0.6 is 0 Å². The summed E-state index contributed by atoms with van der Waals surface area (Å²) in [5.41, 5.74) is 3.93. The van der Waals surface area contributed by atoms with Crippen molar-refractivity contribution in [1.29, 1.82) is 0 Å². The molecule has 4 aromatic carbocycles. The molecule has 1 fully saturated rings. The van der Waals surface area contributed by atoms with Crippen molar-refractivity contribution in [3.05, 3.63) is 107 Å². The fourth-order valence-electron chi connectivity index (χ4n) is 6.93. The number of aliphatic hydroxyl groups is 1. The van der Waals surface area contributed by atoms with Gasteiger partial charge in [-0.15, -0.1) is 0 Å². The smallest absolute Gasteiger partial charge is 0.323 e. The lowest BCUT2D eigenvalue weighted by molar-refractivity contribution is -0.118. The van der Waals surface area contributed by atoms with Gasteiger partial charge in [0.05, 0.1) is 36.8 Å². The number of amides is 3. The molecule has 0 atom stereocenters. The normalized spacial score (nSPS) is 13.5. The molecule has 0 radical (unpaired) electrons. The number of methoxy groups -OCH3 is 2. The summed E-state index contributed by atoms with van der Waals surface area (Å²) in [7, 11) is 2.28. The van der Waals surface area contributed by atoms with Crippen molar-refractivity contribution in [3.8, 4) is 23.0 Å². The fourth-order valence-corrected chi connectivity index (χ4v) is 8.06. The first-order valence-electron chi connectivity index (χ1n) is 19.5. The molecular formula is C45H51N5O8S. The maximum atomic E-state index is 13.5. The Morgan fingerprint density at radius 2 is 1.54 bits per heavy atom. The highest BCUT2D eigenvalue weighted by Gasteiger charge is 2.23. The Balaban J connectivity index is 1.14. The van der Waals surface area contributed by atoms with E-state index in [2.05, 4.69) is 25.8 Å². The van der Waals surface area contributed by atoms with Crippen LogP contribution in [0.2, 0.25) is 0 Å². The number of hydrogen-bond donors (Lipinski definition) is 4. The highest BCUT2D eigenvalue weighted by molar-refractivity contribution is 7.85. The van der Waals surface area contributed by atoms with Crippen LogP contribution in [0, 0.1) is 0 Å². The third-order valence-corrected chi connectivity index (χ3v) is 11.3. The number of carbonyl (C=O) groups is 3. The quantitative estimate of drug-likeness (QED) is 0.0775. The second kappa shape index (κ2) is 19.3. The Kier molecular flexibility index (Phi) is 14.0. The first-order chi connectivity index (χ1) is 28.3. The van der Waals surface area contributed by atoms with Crippen molar-refractivity contribution in [2.45, 2.75) is 45.4 Å². The lowest BCUT2D eigenvalue weighted by Gasteiger charge is -2.25. The number of Topliss-reactive ketones (excluding diaryl/α,β-unsaturated/α-hetero) is 1. The summed E-state index contributed by atoms with van der Waals surface area (Å²) in [6.07, 6.45) is 3.31. The number of nitrogens with one attached hydrogen (secondary N) is 3. The molecule has 3 amide bonds. The molecule has 1 aromatic heterocycles. The second-order valence-electron chi connectivity index (χ2n) is 15.3. The fraction of sp³-hybridized carbons (Fsp3) is 0.333. The molecule has 59 heavy (non-hydrogen) atoms. The Hall–Kier alpha value is -5.83. The Labute approximate surface area is 346 Å². The molecule has 0 spiro atoms. The Morgan fingerprint density at radius 1 is 0.831 bits per heavy atom. The number of rotatable bonds is 15. The maximum absolute atomic E-state index is 13.5. The number of benzene rings is 4. The lowest BCUT2D eigenvalue weighted by Crippen LogP contribution is -2.38. The standard InChI is InChI=1S/C45H51N5O8S/c1-45(2,3)30-25-37(47-42(53)28-51)43(57-5)38(26-30)49-44(54)48-36-14-15-40(34-10-7-6-9-33(34)36)58-32-16-17-46-31(27-32)23-29-12-13-35(41(24-29)56-4)39(52)11-8-18-50-19-21-59(55)22-20-50/h6-7,9-10,12-17,24-27,51H,8,11,18-23,28H2,1-5H3,(H,47,53)(H2,48,49,54). The van der Waals surface area contributed by atoms with Gasteiger partial charge in [0.1, 0.15) is 23.9 Å². The minimum absolute atomic E-state index is 0.0304. The van der Waals surface area contributed by atoms with Crippen molar-refractivity contribution in [1.82, 2.24) is 9.88 Å². The lowest BCUT2D eigenvalue weighted by atomic mass is 9.86. The summed E-state index contributed by atoms with van der Waals surface area (Å²) in [5.74, 6) is 2.73. The molecule has 4 N–H and O–H groups in total. The van der Waals surface area contributed by atoms with Crippen LogP contribution in [0.4, 0.5) is 21.9 Å². The van der Waals surface area contributed by atoms with Crippen LogP contribution in [0.15, 0.2) is 85.1 Å². The molecule has 0 saturated carbocycles. The van der Waals surface area contributed by atoms with Crippen LogP contribution in [-0.4, -0.2) is 88.9 Å². The summed E-state index contributed by atoms with van der Waals surface area (Å²) >= 11 is 0. The van der Waals surface area contributed by atoms with Gasteiger partial charge in [-0.2, -0.15) is 0 Å².